The lowest BCUT2D eigenvalue weighted by Crippen LogP contribution is -2.31. The van der Waals surface area contributed by atoms with Crippen LogP contribution in [-0.4, -0.2) is 47.8 Å². The van der Waals surface area contributed by atoms with Crippen LogP contribution < -0.4 is 5.32 Å². The van der Waals surface area contributed by atoms with Gasteiger partial charge in [0.15, 0.2) is 0 Å². The van der Waals surface area contributed by atoms with Gasteiger partial charge >= 0.3 is 5.97 Å². The number of rotatable bonds is 3. The average molecular weight is 290 g/mol. The van der Waals surface area contributed by atoms with E-state index in [1.807, 2.05) is 0 Å². The number of nitrogens with one attached hydrogen (secondary N) is 1. The predicted molar refractivity (Wildman–Crippen MR) is 76.0 cm³/mol. The number of carboxylic acid groups (broad SMARTS) is 1. The van der Waals surface area contributed by atoms with Gasteiger partial charge in [-0.3, -0.25) is 24.1 Å². The van der Waals surface area contributed by atoms with Crippen LogP contribution in [0.2, 0.25) is 0 Å². The Morgan fingerprint density at radius 2 is 1.20 bits per heavy atom. The van der Waals surface area contributed by atoms with Gasteiger partial charge in [0.2, 0.25) is 17.7 Å². The largest absolute Gasteiger partial charge is 0.481 e. The lowest BCUT2D eigenvalue weighted by Gasteiger charge is -2.12. The normalized spacial score (nSPS) is 8.10. The van der Waals surface area contributed by atoms with Crippen molar-refractivity contribution in [2.45, 2.75) is 47.0 Å². The first-order valence-corrected chi connectivity index (χ1v) is 6.37. The van der Waals surface area contributed by atoms with Crippen molar-refractivity contribution < 1.29 is 24.3 Å². The zero-order valence-corrected chi connectivity index (χ0v) is 13.1. The Bertz CT molecular complexity index is 286. The molecule has 118 valence electrons. The molecule has 0 fully saturated rings. The standard InChI is InChI=1S/C7H13NO2.C3H7NO.C3H6O2/c1-4-6(9)8(3)7(10)5-2;1-3(5)4-2;1-2-3(4)5/h4-5H2,1-3H3;1-2H3,(H,4,5);2H2,1H3,(H,4,5). The highest BCUT2D eigenvalue weighted by molar-refractivity contribution is 5.94. The van der Waals surface area contributed by atoms with Gasteiger partial charge in [-0.05, 0) is 0 Å². The number of imide groups is 1. The minimum atomic E-state index is -0.745. The Morgan fingerprint density at radius 1 is 0.950 bits per heavy atom. The highest BCUT2D eigenvalue weighted by Crippen LogP contribution is 1.93. The highest BCUT2D eigenvalue weighted by Gasteiger charge is 2.11. The molecule has 7 heteroatoms. The molecule has 0 atom stereocenters. The third-order valence-corrected chi connectivity index (χ3v) is 2.01. The number of nitrogens with zero attached hydrogens (tertiary/aromatic N) is 1. The number of carbonyl (C=O) groups excluding carboxylic acids is 3. The van der Waals surface area contributed by atoms with Crippen molar-refractivity contribution in [3.8, 4) is 0 Å². The van der Waals surface area contributed by atoms with E-state index in [0.717, 1.165) is 0 Å². The number of hydrogen-bond donors (Lipinski definition) is 2. The van der Waals surface area contributed by atoms with E-state index in [9.17, 15) is 19.2 Å². The Hall–Kier alpha value is -1.92. The van der Waals surface area contributed by atoms with E-state index in [1.54, 1.807) is 27.8 Å². The molecule has 0 radical (unpaired) electrons. The summed E-state index contributed by atoms with van der Waals surface area (Å²) in [7, 11) is 3.11. The first-order chi connectivity index (χ1) is 9.17. The van der Waals surface area contributed by atoms with Gasteiger partial charge in [0.25, 0.3) is 0 Å². The Balaban J connectivity index is -0.000000244. The topological polar surface area (TPSA) is 104 Å². The molecule has 0 bridgehead atoms. The van der Waals surface area contributed by atoms with Crippen LogP contribution in [0.15, 0.2) is 0 Å². The van der Waals surface area contributed by atoms with Gasteiger partial charge in [0, 0.05) is 40.3 Å². The molecule has 0 spiro atoms. The molecule has 0 unspecified atom stereocenters. The zero-order valence-electron chi connectivity index (χ0n) is 13.1. The summed E-state index contributed by atoms with van der Waals surface area (Å²) < 4.78 is 0. The molecule has 0 heterocycles. The second kappa shape index (κ2) is 15.1. The molecule has 0 saturated heterocycles. The molecular formula is C13H26N2O5. The summed E-state index contributed by atoms with van der Waals surface area (Å²) in [6.07, 6.45) is 1.00. The maximum atomic E-state index is 10.8. The van der Waals surface area contributed by atoms with Gasteiger partial charge in [-0.2, -0.15) is 0 Å². The smallest absolute Gasteiger partial charge is 0.303 e. The van der Waals surface area contributed by atoms with E-state index in [2.05, 4.69) is 5.32 Å². The van der Waals surface area contributed by atoms with Crippen LogP contribution in [0.1, 0.15) is 47.0 Å². The van der Waals surface area contributed by atoms with Crippen molar-refractivity contribution in [2.75, 3.05) is 14.1 Å². The third kappa shape index (κ3) is 18.4. The maximum Gasteiger partial charge on any atom is 0.303 e. The van der Waals surface area contributed by atoms with Crippen LogP contribution >= 0.6 is 0 Å². The summed E-state index contributed by atoms with van der Waals surface area (Å²) in [6.45, 7) is 6.55. The highest BCUT2D eigenvalue weighted by atomic mass is 16.4. The minimum absolute atomic E-state index is 0.00463. The first kappa shape index (κ1) is 23.2. The second-order valence-corrected chi connectivity index (χ2v) is 3.61. The fraction of sp³-hybridized carbons (Fsp3) is 0.692. The Kier molecular flexibility index (Phi) is 17.6. The zero-order chi connectivity index (χ0) is 16.7. The number of carbonyl (C=O) groups is 4. The molecule has 0 aromatic heterocycles. The summed E-state index contributed by atoms with van der Waals surface area (Å²) in [5, 5.41) is 10.1. The Morgan fingerprint density at radius 3 is 1.30 bits per heavy atom. The van der Waals surface area contributed by atoms with Gasteiger partial charge < -0.3 is 10.4 Å². The molecule has 0 rings (SSSR count). The molecule has 0 aromatic carbocycles. The SMILES string of the molecule is CCC(=O)N(C)C(=O)CC.CCC(=O)O.CNC(C)=O. The molecular weight excluding hydrogens is 264 g/mol. The van der Waals surface area contributed by atoms with Crippen molar-refractivity contribution in [3.05, 3.63) is 0 Å². The van der Waals surface area contributed by atoms with Crippen molar-refractivity contribution in [1.82, 2.24) is 10.2 Å². The molecule has 0 aromatic rings. The van der Waals surface area contributed by atoms with Gasteiger partial charge in [-0.25, -0.2) is 0 Å². The number of hydrogen-bond acceptors (Lipinski definition) is 4. The fourth-order valence-electron chi connectivity index (χ4n) is 0.613. The molecule has 2 N–H and O–H groups in total. The monoisotopic (exact) mass is 290 g/mol. The minimum Gasteiger partial charge on any atom is -0.481 e. The van der Waals surface area contributed by atoms with Crippen molar-refractivity contribution in [1.29, 1.82) is 0 Å². The fourth-order valence-corrected chi connectivity index (χ4v) is 0.613. The summed E-state index contributed by atoms with van der Waals surface area (Å²) in [6, 6.07) is 0. The molecule has 3 amide bonds. The predicted octanol–water partition coefficient (Wildman–Crippen LogP) is 1.02. The van der Waals surface area contributed by atoms with Crippen molar-refractivity contribution in [3.63, 3.8) is 0 Å². The van der Waals surface area contributed by atoms with Crippen molar-refractivity contribution in [2.24, 2.45) is 0 Å². The summed E-state index contributed by atoms with van der Waals surface area (Å²) in [5.41, 5.74) is 0. The number of aliphatic carboxylic acids is 1. The average Bonchev–Trinajstić information content (AvgIpc) is 2.45. The number of amides is 3. The van der Waals surface area contributed by atoms with Crippen molar-refractivity contribution >= 4 is 23.7 Å². The number of carboxylic acids is 1. The van der Waals surface area contributed by atoms with Gasteiger partial charge in [-0.1, -0.05) is 20.8 Å². The molecule has 20 heavy (non-hydrogen) atoms. The van der Waals surface area contributed by atoms with Crippen LogP contribution in [0.4, 0.5) is 0 Å². The van der Waals surface area contributed by atoms with E-state index in [0.29, 0.717) is 12.8 Å². The molecule has 7 nitrogen and oxygen atoms in total. The van der Waals surface area contributed by atoms with E-state index in [4.69, 9.17) is 5.11 Å². The van der Waals surface area contributed by atoms with Gasteiger partial charge in [0.1, 0.15) is 0 Å². The quantitative estimate of drug-likeness (QED) is 0.807. The second-order valence-electron chi connectivity index (χ2n) is 3.61. The van der Waals surface area contributed by atoms with E-state index in [1.165, 1.54) is 18.9 Å². The molecule has 0 aliphatic carbocycles. The van der Waals surface area contributed by atoms with Gasteiger partial charge in [0.05, 0.1) is 0 Å². The summed E-state index contributed by atoms with van der Waals surface area (Å²) >= 11 is 0. The van der Waals surface area contributed by atoms with Crippen LogP contribution in [0.3, 0.4) is 0 Å². The van der Waals surface area contributed by atoms with Crippen LogP contribution in [-0.2, 0) is 19.2 Å². The van der Waals surface area contributed by atoms with Crippen LogP contribution in [0, 0.1) is 0 Å². The molecule has 0 aliphatic rings. The molecule has 0 saturated carbocycles. The van der Waals surface area contributed by atoms with E-state index < -0.39 is 5.97 Å². The lowest BCUT2D eigenvalue weighted by molar-refractivity contribution is -0.143. The van der Waals surface area contributed by atoms with E-state index >= 15 is 0 Å². The van der Waals surface area contributed by atoms with Gasteiger partial charge in [-0.15, -0.1) is 0 Å². The summed E-state index contributed by atoms with van der Waals surface area (Å²) in [4.78, 5) is 41.9. The summed E-state index contributed by atoms with van der Waals surface area (Å²) in [5.74, 6) is -0.978. The van der Waals surface area contributed by atoms with Crippen LogP contribution in [0.5, 0.6) is 0 Å². The Labute approximate surface area is 120 Å². The lowest BCUT2D eigenvalue weighted by atomic mass is 10.3. The van der Waals surface area contributed by atoms with E-state index in [-0.39, 0.29) is 24.1 Å². The van der Waals surface area contributed by atoms with Crippen LogP contribution in [0.25, 0.3) is 0 Å². The first-order valence-electron chi connectivity index (χ1n) is 6.37. The maximum absolute atomic E-state index is 10.8. The molecule has 0 aliphatic heterocycles. The third-order valence-electron chi connectivity index (χ3n) is 2.01.